The van der Waals surface area contributed by atoms with Crippen molar-refractivity contribution in [1.82, 2.24) is 24.4 Å². The zero-order chi connectivity index (χ0) is 30.2. The fraction of sp³-hybridized carbons (Fsp3) is 0.194. The summed E-state index contributed by atoms with van der Waals surface area (Å²) in [5.74, 6) is 1.56. The van der Waals surface area contributed by atoms with Crippen LogP contribution < -0.4 is 26.2 Å². The number of fused-ring (bicyclic) bond motifs is 2. The maximum Gasteiger partial charge on any atom is 0.267 e. The zero-order valence-electron chi connectivity index (χ0n) is 23.8. The molecule has 1 atom stereocenters. The van der Waals surface area contributed by atoms with Gasteiger partial charge >= 0.3 is 0 Å². The number of aromatic nitrogens is 4. The van der Waals surface area contributed by atoms with E-state index in [1.807, 2.05) is 66.4 Å². The number of rotatable bonds is 7. The van der Waals surface area contributed by atoms with Gasteiger partial charge < -0.3 is 25.6 Å². The van der Waals surface area contributed by atoms with Crippen LogP contribution in [0, 0.1) is 0 Å². The molecule has 2 aromatic heterocycles. The summed E-state index contributed by atoms with van der Waals surface area (Å²) in [6, 6.07) is 21.4. The first-order chi connectivity index (χ1) is 20.7. The zero-order valence-corrected chi connectivity index (χ0v) is 24.5. The summed E-state index contributed by atoms with van der Waals surface area (Å²) in [4.78, 5) is 44.7. The smallest absolute Gasteiger partial charge is 0.267 e. The quantitative estimate of drug-likeness (QED) is 0.276. The van der Waals surface area contributed by atoms with Crippen molar-refractivity contribution >= 4 is 46.0 Å². The van der Waals surface area contributed by atoms with Crippen molar-refractivity contribution in [3.05, 3.63) is 105 Å². The van der Waals surface area contributed by atoms with Gasteiger partial charge in [0.25, 0.3) is 11.5 Å². The van der Waals surface area contributed by atoms with Gasteiger partial charge in [-0.2, -0.15) is 9.97 Å². The van der Waals surface area contributed by atoms with Gasteiger partial charge in [-0.05, 0) is 48.9 Å². The number of nitrogens with zero attached hydrogens (tertiary/aromatic N) is 6. The number of halogens is 1. The van der Waals surface area contributed by atoms with Crippen molar-refractivity contribution in [2.24, 2.45) is 0 Å². The fourth-order valence-corrected chi connectivity index (χ4v) is 5.49. The number of carbonyl (C=O) groups excluding carboxylic acids is 1. The minimum absolute atomic E-state index is 0.00392. The van der Waals surface area contributed by atoms with Gasteiger partial charge in [-0.3, -0.25) is 14.2 Å². The molecule has 0 fully saturated rings. The van der Waals surface area contributed by atoms with Gasteiger partial charge in [0.1, 0.15) is 23.0 Å². The molecule has 0 saturated heterocycles. The van der Waals surface area contributed by atoms with Gasteiger partial charge in [-0.15, -0.1) is 0 Å². The number of methoxy groups -OCH3 is 1. The minimum atomic E-state index is -0.593. The highest BCUT2D eigenvalue weighted by Crippen LogP contribution is 2.34. The lowest BCUT2D eigenvalue weighted by molar-refractivity contribution is 0.0781. The minimum Gasteiger partial charge on any atom is -0.497 e. The molecule has 0 bridgehead atoms. The van der Waals surface area contributed by atoms with Gasteiger partial charge in [0.15, 0.2) is 5.82 Å². The molecule has 1 aliphatic rings. The summed E-state index contributed by atoms with van der Waals surface area (Å²) in [5.41, 5.74) is 8.24. The molecule has 43 heavy (non-hydrogen) atoms. The lowest BCUT2D eigenvalue weighted by Gasteiger charge is -2.36. The largest absolute Gasteiger partial charge is 0.497 e. The van der Waals surface area contributed by atoms with Crippen LogP contribution in [0.5, 0.6) is 5.75 Å². The van der Waals surface area contributed by atoms with E-state index < -0.39 is 6.04 Å². The Bertz CT molecular complexity index is 1900. The molecule has 0 saturated carbocycles. The Balaban J connectivity index is 1.44. The van der Waals surface area contributed by atoms with Crippen molar-refractivity contribution in [1.29, 1.82) is 0 Å². The molecule has 1 amide bonds. The van der Waals surface area contributed by atoms with Crippen LogP contribution in [0.4, 0.5) is 17.6 Å². The summed E-state index contributed by atoms with van der Waals surface area (Å²) >= 11 is 6.44. The maximum absolute atomic E-state index is 13.9. The van der Waals surface area contributed by atoms with Gasteiger partial charge in [0, 0.05) is 13.6 Å². The van der Waals surface area contributed by atoms with Crippen LogP contribution in [0.2, 0.25) is 5.02 Å². The lowest BCUT2D eigenvalue weighted by Crippen LogP contribution is -2.45. The Hall–Kier alpha value is -5.16. The van der Waals surface area contributed by atoms with E-state index in [9.17, 15) is 9.59 Å². The number of para-hydroxylation sites is 1. The molecule has 0 aliphatic carbocycles. The molecule has 3 heterocycles. The molecule has 0 spiro atoms. The van der Waals surface area contributed by atoms with Crippen molar-refractivity contribution in [3.8, 4) is 11.4 Å². The van der Waals surface area contributed by atoms with Crippen molar-refractivity contribution in [3.63, 3.8) is 0 Å². The van der Waals surface area contributed by atoms with Crippen LogP contribution >= 0.6 is 11.6 Å². The molecular weight excluding hydrogens is 568 g/mol. The first-order valence-electron chi connectivity index (χ1n) is 13.6. The number of hydrogen-bond donors (Lipinski definition) is 2. The van der Waals surface area contributed by atoms with Crippen LogP contribution in [0.25, 0.3) is 16.6 Å². The van der Waals surface area contributed by atoms with Crippen molar-refractivity contribution in [2.45, 2.75) is 19.5 Å². The van der Waals surface area contributed by atoms with E-state index in [-0.39, 0.29) is 28.8 Å². The Morgan fingerprint density at radius 3 is 2.47 bits per heavy atom. The standard InChI is InChI=1S/C31H29ClN8O3/c1-18(27-35-23-11-7-10-22(32)24(23)30(42)40(27)20-8-5-4-6-9-20)34-26-25-28(37-31(33)36-26)39(17-38(2)29(25)41)16-19-12-14-21(43-3)15-13-19/h4-15,18H,16-17H2,1-3H3,(H3,33,34,36,37)/t18-/m0/s1. The Kier molecular flexibility index (Phi) is 7.32. The van der Waals surface area contributed by atoms with E-state index in [1.54, 1.807) is 37.3 Å². The highest BCUT2D eigenvalue weighted by molar-refractivity contribution is 6.35. The third kappa shape index (κ3) is 5.19. The third-order valence-electron chi connectivity index (χ3n) is 7.31. The van der Waals surface area contributed by atoms with E-state index in [0.29, 0.717) is 46.5 Å². The van der Waals surface area contributed by atoms with Gasteiger partial charge in [-0.1, -0.05) is 48.0 Å². The first kappa shape index (κ1) is 28.0. The molecule has 0 radical (unpaired) electrons. The molecule has 11 nitrogen and oxygen atoms in total. The van der Waals surface area contributed by atoms with E-state index in [4.69, 9.17) is 27.1 Å². The number of carbonyl (C=O) groups is 1. The SMILES string of the molecule is COc1ccc(CN2CN(C)C(=O)c3c(N[C@@H](C)c4nc5cccc(Cl)c5c(=O)n4-c4ccccc4)nc(N)nc32)cc1. The van der Waals surface area contributed by atoms with E-state index >= 15 is 0 Å². The van der Waals surface area contributed by atoms with Crippen LogP contribution in [0.1, 0.15) is 34.7 Å². The number of amides is 1. The second kappa shape index (κ2) is 11.3. The Labute approximate surface area is 252 Å². The van der Waals surface area contributed by atoms with E-state index in [1.165, 1.54) is 4.57 Å². The summed E-state index contributed by atoms with van der Waals surface area (Å²) in [6.45, 7) is 2.62. The van der Waals surface area contributed by atoms with Crippen LogP contribution in [0.3, 0.4) is 0 Å². The highest BCUT2D eigenvalue weighted by atomic mass is 35.5. The second-order valence-electron chi connectivity index (χ2n) is 10.3. The monoisotopic (exact) mass is 596 g/mol. The molecule has 3 N–H and O–H groups in total. The lowest BCUT2D eigenvalue weighted by atomic mass is 10.1. The molecule has 12 heteroatoms. The third-order valence-corrected chi connectivity index (χ3v) is 7.63. The van der Waals surface area contributed by atoms with Crippen LogP contribution in [-0.4, -0.2) is 51.2 Å². The van der Waals surface area contributed by atoms with E-state index in [0.717, 1.165) is 11.3 Å². The Morgan fingerprint density at radius 1 is 1.00 bits per heavy atom. The number of nitrogen functional groups attached to an aromatic ring is 1. The predicted molar refractivity (Wildman–Crippen MR) is 167 cm³/mol. The highest BCUT2D eigenvalue weighted by Gasteiger charge is 2.33. The number of nitrogens with one attached hydrogen (secondary N) is 1. The average Bonchev–Trinajstić information content (AvgIpc) is 3.00. The maximum atomic E-state index is 13.9. The van der Waals surface area contributed by atoms with Gasteiger partial charge in [-0.25, -0.2) is 4.98 Å². The molecule has 6 rings (SSSR count). The molecule has 5 aromatic rings. The fourth-order valence-electron chi connectivity index (χ4n) is 5.24. The summed E-state index contributed by atoms with van der Waals surface area (Å²) < 4.78 is 6.80. The molecule has 3 aromatic carbocycles. The van der Waals surface area contributed by atoms with Crippen molar-refractivity contribution in [2.75, 3.05) is 36.8 Å². The first-order valence-corrected chi connectivity index (χ1v) is 14.0. The van der Waals surface area contributed by atoms with E-state index in [2.05, 4.69) is 15.3 Å². The number of anilines is 3. The molecule has 1 aliphatic heterocycles. The van der Waals surface area contributed by atoms with Crippen LogP contribution in [-0.2, 0) is 6.54 Å². The van der Waals surface area contributed by atoms with Crippen molar-refractivity contribution < 1.29 is 9.53 Å². The normalized spacial score (nSPS) is 13.6. The number of benzene rings is 3. The predicted octanol–water partition coefficient (Wildman–Crippen LogP) is 4.64. The number of hydrogen-bond acceptors (Lipinski definition) is 9. The molecule has 218 valence electrons. The summed E-state index contributed by atoms with van der Waals surface area (Å²) in [5, 5.41) is 3.95. The number of nitrogens with two attached hydrogens (primary N) is 1. The van der Waals surface area contributed by atoms with Crippen LogP contribution in [0.15, 0.2) is 77.6 Å². The molecule has 0 unspecified atom stereocenters. The summed E-state index contributed by atoms with van der Waals surface area (Å²) in [7, 11) is 3.34. The van der Waals surface area contributed by atoms with Gasteiger partial charge in [0.05, 0.1) is 41.4 Å². The Morgan fingerprint density at radius 2 is 1.74 bits per heavy atom. The number of ether oxygens (including phenoxy) is 1. The average molecular weight is 597 g/mol. The topological polar surface area (TPSA) is 132 Å². The van der Waals surface area contributed by atoms with Gasteiger partial charge in [0.2, 0.25) is 5.95 Å². The second-order valence-corrected chi connectivity index (χ2v) is 10.7. The summed E-state index contributed by atoms with van der Waals surface area (Å²) in [6.07, 6.45) is 0. The molecular formula is C31H29ClN8O3.